The summed E-state index contributed by atoms with van der Waals surface area (Å²) in [6.07, 6.45) is 0. The van der Waals surface area contributed by atoms with E-state index in [1.165, 1.54) is 18.2 Å². The van der Waals surface area contributed by atoms with E-state index in [0.29, 0.717) is 31.2 Å². The third-order valence-electron chi connectivity index (χ3n) is 3.32. The maximum atomic E-state index is 13.6. The lowest BCUT2D eigenvalue weighted by atomic mass is 10.2. The summed E-state index contributed by atoms with van der Waals surface area (Å²) in [5.74, 6) is 0.287. The Hall–Kier alpha value is -2.96. The second kappa shape index (κ2) is 8.61. The molecule has 0 aliphatic rings. The smallest absolute Gasteiger partial charge is 0.269 e. The van der Waals surface area contributed by atoms with Crippen molar-refractivity contribution in [1.82, 2.24) is 10.6 Å². The van der Waals surface area contributed by atoms with Crippen LogP contribution >= 0.6 is 0 Å². The number of guanidine groups is 1. The van der Waals surface area contributed by atoms with Gasteiger partial charge in [0, 0.05) is 30.8 Å². The molecule has 0 saturated carbocycles. The molecule has 2 N–H and O–H groups in total. The highest BCUT2D eigenvalue weighted by Gasteiger charge is 2.05. The Labute approximate surface area is 139 Å². The largest absolute Gasteiger partial charge is 0.357 e. The molecule has 0 atom stereocenters. The minimum Gasteiger partial charge on any atom is -0.357 e. The van der Waals surface area contributed by atoms with Crippen LogP contribution in [-0.4, -0.2) is 17.4 Å². The standard InChI is InChI=1S/C17H19FN4O2/c1-2-19-17(21-12-14-5-3-4-6-16(14)18)20-11-13-7-9-15(10-8-13)22(23)24/h3-10H,2,11-12H2,1H3,(H2,19,20,21). The number of hydrogen-bond donors (Lipinski definition) is 2. The normalized spacial score (nSPS) is 11.2. The first-order chi connectivity index (χ1) is 11.6. The maximum Gasteiger partial charge on any atom is 0.269 e. The van der Waals surface area contributed by atoms with Gasteiger partial charge >= 0.3 is 0 Å². The molecule has 0 radical (unpaired) electrons. The predicted molar refractivity (Wildman–Crippen MR) is 91.2 cm³/mol. The predicted octanol–water partition coefficient (Wildman–Crippen LogP) is 2.99. The number of nitrogens with one attached hydrogen (secondary N) is 2. The van der Waals surface area contributed by atoms with E-state index in [2.05, 4.69) is 15.6 Å². The van der Waals surface area contributed by atoms with Crippen LogP contribution < -0.4 is 10.6 Å². The highest BCUT2D eigenvalue weighted by Crippen LogP contribution is 2.12. The van der Waals surface area contributed by atoms with Crippen molar-refractivity contribution in [2.24, 2.45) is 4.99 Å². The van der Waals surface area contributed by atoms with Gasteiger partial charge in [0.05, 0.1) is 11.5 Å². The quantitative estimate of drug-likeness (QED) is 0.369. The summed E-state index contributed by atoms with van der Waals surface area (Å²) in [6.45, 7) is 3.29. The first-order valence-corrected chi connectivity index (χ1v) is 7.59. The van der Waals surface area contributed by atoms with Gasteiger partial charge in [0.15, 0.2) is 5.96 Å². The fourth-order valence-corrected chi connectivity index (χ4v) is 2.06. The van der Waals surface area contributed by atoms with Crippen LogP contribution in [0.3, 0.4) is 0 Å². The monoisotopic (exact) mass is 330 g/mol. The molecule has 0 fully saturated rings. The zero-order chi connectivity index (χ0) is 17.4. The Balaban J connectivity index is 1.99. The number of halogens is 1. The number of nitrogens with zero attached hydrogens (tertiary/aromatic N) is 2. The average Bonchev–Trinajstić information content (AvgIpc) is 2.59. The first-order valence-electron chi connectivity index (χ1n) is 7.59. The molecular formula is C17H19FN4O2. The van der Waals surface area contributed by atoms with E-state index in [9.17, 15) is 14.5 Å². The van der Waals surface area contributed by atoms with Crippen molar-refractivity contribution in [3.05, 3.63) is 75.6 Å². The molecule has 24 heavy (non-hydrogen) atoms. The van der Waals surface area contributed by atoms with Crippen molar-refractivity contribution >= 4 is 11.6 Å². The van der Waals surface area contributed by atoms with Crippen molar-refractivity contribution in [1.29, 1.82) is 0 Å². The summed E-state index contributed by atoms with van der Waals surface area (Å²) >= 11 is 0. The van der Waals surface area contributed by atoms with Crippen LogP contribution in [0.15, 0.2) is 53.5 Å². The highest BCUT2D eigenvalue weighted by molar-refractivity contribution is 5.79. The summed E-state index contributed by atoms with van der Waals surface area (Å²) in [4.78, 5) is 14.6. The Morgan fingerprint density at radius 2 is 1.88 bits per heavy atom. The third-order valence-corrected chi connectivity index (χ3v) is 3.32. The van der Waals surface area contributed by atoms with Gasteiger partial charge in [-0.1, -0.05) is 30.3 Å². The Kier molecular flexibility index (Phi) is 6.24. The maximum absolute atomic E-state index is 13.6. The Morgan fingerprint density at radius 3 is 2.50 bits per heavy atom. The first kappa shape index (κ1) is 17.4. The van der Waals surface area contributed by atoms with E-state index in [0.717, 1.165) is 5.56 Å². The van der Waals surface area contributed by atoms with Gasteiger partial charge in [0.1, 0.15) is 5.82 Å². The number of nitro groups is 1. The van der Waals surface area contributed by atoms with Crippen molar-refractivity contribution in [2.75, 3.05) is 6.54 Å². The van der Waals surface area contributed by atoms with E-state index in [4.69, 9.17) is 0 Å². The highest BCUT2D eigenvalue weighted by atomic mass is 19.1. The summed E-state index contributed by atoms with van der Waals surface area (Å²) < 4.78 is 13.6. The zero-order valence-corrected chi connectivity index (χ0v) is 13.3. The summed E-state index contributed by atoms with van der Waals surface area (Å²) in [6, 6.07) is 12.8. The van der Waals surface area contributed by atoms with Crippen LogP contribution in [0.5, 0.6) is 0 Å². The SMILES string of the molecule is CCNC(=NCc1ccc([N+](=O)[O-])cc1)NCc1ccccc1F. The lowest BCUT2D eigenvalue weighted by molar-refractivity contribution is -0.384. The molecule has 0 aromatic heterocycles. The van der Waals surface area contributed by atoms with Crippen LogP contribution in [0.25, 0.3) is 0 Å². The molecule has 0 aliphatic heterocycles. The molecule has 0 aliphatic carbocycles. The minimum atomic E-state index is -0.437. The van der Waals surface area contributed by atoms with Gasteiger partial charge in [0.2, 0.25) is 0 Å². The molecule has 0 spiro atoms. The molecule has 6 nitrogen and oxygen atoms in total. The summed E-state index contributed by atoms with van der Waals surface area (Å²) in [7, 11) is 0. The number of non-ortho nitro benzene ring substituents is 1. The molecular weight excluding hydrogens is 311 g/mol. The fraction of sp³-hybridized carbons (Fsp3) is 0.235. The van der Waals surface area contributed by atoms with Gasteiger partial charge in [0.25, 0.3) is 5.69 Å². The van der Waals surface area contributed by atoms with Crippen molar-refractivity contribution in [3.63, 3.8) is 0 Å². The molecule has 0 heterocycles. The molecule has 0 amide bonds. The van der Waals surface area contributed by atoms with Crippen LogP contribution in [0.1, 0.15) is 18.1 Å². The van der Waals surface area contributed by atoms with Crippen LogP contribution in [0, 0.1) is 15.9 Å². The number of hydrogen-bond acceptors (Lipinski definition) is 3. The van der Waals surface area contributed by atoms with E-state index < -0.39 is 4.92 Å². The average molecular weight is 330 g/mol. The van der Waals surface area contributed by atoms with Gasteiger partial charge in [-0.25, -0.2) is 9.38 Å². The van der Waals surface area contributed by atoms with Crippen LogP contribution in [-0.2, 0) is 13.1 Å². The molecule has 2 aromatic carbocycles. The Bertz CT molecular complexity index is 717. The fourth-order valence-electron chi connectivity index (χ4n) is 2.06. The van der Waals surface area contributed by atoms with Crippen molar-refractivity contribution in [3.8, 4) is 0 Å². The lowest BCUT2D eigenvalue weighted by Gasteiger charge is -2.11. The van der Waals surface area contributed by atoms with Crippen LogP contribution in [0.4, 0.5) is 10.1 Å². The van der Waals surface area contributed by atoms with Crippen LogP contribution in [0.2, 0.25) is 0 Å². The summed E-state index contributed by atoms with van der Waals surface area (Å²) in [5.41, 5.74) is 1.45. The molecule has 126 valence electrons. The molecule has 7 heteroatoms. The minimum absolute atomic E-state index is 0.0484. The topological polar surface area (TPSA) is 79.6 Å². The van der Waals surface area contributed by atoms with E-state index >= 15 is 0 Å². The number of benzene rings is 2. The number of aliphatic imine (C=N–C) groups is 1. The van der Waals surface area contributed by atoms with Gasteiger partial charge in [-0.05, 0) is 18.6 Å². The number of nitro benzene ring substituents is 1. The van der Waals surface area contributed by atoms with Gasteiger partial charge in [-0.2, -0.15) is 0 Å². The lowest BCUT2D eigenvalue weighted by Crippen LogP contribution is -2.37. The van der Waals surface area contributed by atoms with Crippen molar-refractivity contribution in [2.45, 2.75) is 20.0 Å². The third kappa shape index (κ3) is 5.05. The van der Waals surface area contributed by atoms with E-state index in [1.54, 1.807) is 30.3 Å². The van der Waals surface area contributed by atoms with Gasteiger partial charge < -0.3 is 10.6 Å². The second-order valence-corrected chi connectivity index (χ2v) is 5.06. The molecule has 0 bridgehead atoms. The van der Waals surface area contributed by atoms with Gasteiger partial charge in [-0.3, -0.25) is 10.1 Å². The molecule has 2 aromatic rings. The molecule has 2 rings (SSSR count). The molecule has 0 unspecified atom stereocenters. The summed E-state index contributed by atoms with van der Waals surface area (Å²) in [5, 5.41) is 16.8. The van der Waals surface area contributed by atoms with Crippen molar-refractivity contribution < 1.29 is 9.31 Å². The van der Waals surface area contributed by atoms with Gasteiger partial charge in [-0.15, -0.1) is 0 Å². The van der Waals surface area contributed by atoms with E-state index in [1.807, 2.05) is 6.92 Å². The number of rotatable bonds is 6. The zero-order valence-electron chi connectivity index (χ0n) is 13.3. The van der Waals surface area contributed by atoms with E-state index in [-0.39, 0.29) is 11.5 Å². The Morgan fingerprint density at radius 1 is 1.17 bits per heavy atom. The molecule has 0 saturated heterocycles. The second-order valence-electron chi connectivity index (χ2n) is 5.06.